The Morgan fingerprint density at radius 3 is 2.60 bits per heavy atom. The molecule has 2 aromatic carbocycles. The third kappa shape index (κ3) is 5.57. The first-order chi connectivity index (χ1) is 21.7. The van der Waals surface area contributed by atoms with E-state index in [2.05, 4.69) is 5.32 Å². The summed E-state index contributed by atoms with van der Waals surface area (Å²) in [5, 5.41) is 12.6. The third-order valence-electron chi connectivity index (χ3n) is 9.27. The smallest absolute Gasteiger partial charge is 0.313 e. The molecule has 236 valence electrons. The van der Waals surface area contributed by atoms with E-state index < -0.39 is 41.7 Å². The Labute approximate surface area is 262 Å². The van der Waals surface area contributed by atoms with Gasteiger partial charge in [0.25, 0.3) is 5.91 Å². The number of amides is 3. The number of allylic oxidation sites excluding steroid dienone is 1. The number of esters is 1. The second kappa shape index (κ2) is 12.6. The van der Waals surface area contributed by atoms with Crippen molar-refractivity contribution in [1.29, 1.82) is 0 Å². The van der Waals surface area contributed by atoms with E-state index in [0.29, 0.717) is 17.7 Å². The van der Waals surface area contributed by atoms with Crippen LogP contribution in [0.1, 0.15) is 42.1 Å². The SMILES string of the molecule is Cc1ccc(C)c(N2C/C=C\CCC(=O)NC[C@@H](c3ccccc3)OC(=O)[C@@H]3[C@@H]4C=C[C@]5(O4)[C@H](C2=O)N(CCCO)C(=O)[C@@H]35)c1. The van der Waals surface area contributed by atoms with Gasteiger partial charge in [-0.2, -0.15) is 0 Å². The summed E-state index contributed by atoms with van der Waals surface area (Å²) in [5.74, 6) is -3.50. The van der Waals surface area contributed by atoms with Crippen molar-refractivity contribution in [2.24, 2.45) is 11.8 Å². The van der Waals surface area contributed by atoms with E-state index in [0.717, 1.165) is 11.1 Å². The number of fused-ring (bicyclic) bond motifs is 2. The predicted molar refractivity (Wildman–Crippen MR) is 166 cm³/mol. The summed E-state index contributed by atoms with van der Waals surface area (Å²) in [4.78, 5) is 59.0. The highest BCUT2D eigenvalue weighted by Crippen LogP contribution is 2.56. The molecule has 2 N–H and O–H groups in total. The summed E-state index contributed by atoms with van der Waals surface area (Å²) in [5.41, 5.74) is 1.89. The first-order valence-corrected chi connectivity index (χ1v) is 15.6. The minimum absolute atomic E-state index is 0.0697. The summed E-state index contributed by atoms with van der Waals surface area (Å²) in [6.07, 6.45) is 6.65. The van der Waals surface area contributed by atoms with Crippen LogP contribution in [0.3, 0.4) is 0 Å². The number of carbonyl (C=O) groups excluding carboxylic acids is 4. The van der Waals surface area contributed by atoms with Crippen LogP contribution < -0.4 is 10.2 Å². The van der Waals surface area contributed by atoms with Crippen LogP contribution in [-0.2, 0) is 28.7 Å². The van der Waals surface area contributed by atoms with Gasteiger partial charge in [-0.25, -0.2) is 0 Å². The molecule has 2 aromatic rings. The lowest BCUT2D eigenvalue weighted by molar-refractivity contribution is -0.159. The van der Waals surface area contributed by atoms with Crippen molar-refractivity contribution in [1.82, 2.24) is 10.2 Å². The van der Waals surface area contributed by atoms with E-state index in [9.17, 15) is 24.3 Å². The Morgan fingerprint density at radius 2 is 1.82 bits per heavy atom. The summed E-state index contributed by atoms with van der Waals surface area (Å²) in [6, 6.07) is 14.0. The number of hydrogen-bond acceptors (Lipinski definition) is 7. The number of hydrogen-bond donors (Lipinski definition) is 2. The van der Waals surface area contributed by atoms with E-state index in [1.54, 1.807) is 17.1 Å². The Morgan fingerprint density at radius 1 is 1.02 bits per heavy atom. The highest BCUT2D eigenvalue weighted by molar-refractivity contribution is 6.05. The molecular weight excluding hydrogens is 574 g/mol. The van der Waals surface area contributed by atoms with Gasteiger partial charge in [0.1, 0.15) is 23.7 Å². The standard InChI is InChI=1S/C35H39N3O7/c1-22-13-14-23(2)25(20-22)37-17-8-4-7-12-28(40)36-21-27(24-10-5-3-6-11-24)44-34(43)29-26-15-16-35(45-26)30(29)32(41)38(18-9-19-39)31(35)33(37)42/h3-6,8,10-11,13-16,20,26-27,29-31,39H,7,9,12,17-19,21H2,1-2H3,(H,36,40)/b8-4-/t26-,27-,29+,30+,31-,35+/m0/s1. The number of nitrogens with zero attached hydrogens (tertiary/aromatic N) is 2. The Hall–Kier alpha value is -4.28. The summed E-state index contributed by atoms with van der Waals surface area (Å²) < 4.78 is 12.6. The number of nitrogens with one attached hydrogen (secondary N) is 1. The van der Waals surface area contributed by atoms with Crippen LogP contribution in [-0.4, -0.2) is 77.7 Å². The summed E-state index contributed by atoms with van der Waals surface area (Å²) in [7, 11) is 0. The van der Waals surface area contributed by atoms with Crippen molar-refractivity contribution >= 4 is 29.4 Å². The molecule has 2 saturated heterocycles. The molecule has 0 radical (unpaired) electrons. The number of aliphatic hydroxyl groups excluding tert-OH is 1. The van der Waals surface area contributed by atoms with Gasteiger partial charge < -0.3 is 29.7 Å². The number of benzene rings is 2. The molecule has 0 aliphatic carbocycles. The van der Waals surface area contributed by atoms with Crippen LogP contribution in [0.15, 0.2) is 72.8 Å². The lowest BCUT2D eigenvalue weighted by Gasteiger charge is -2.36. The molecule has 10 nitrogen and oxygen atoms in total. The second-order valence-corrected chi connectivity index (χ2v) is 12.2. The van der Waals surface area contributed by atoms with Crippen molar-refractivity contribution in [2.45, 2.75) is 57.0 Å². The van der Waals surface area contributed by atoms with Gasteiger partial charge in [0.05, 0.1) is 18.6 Å². The highest BCUT2D eigenvalue weighted by Gasteiger charge is 2.73. The van der Waals surface area contributed by atoms with Crippen molar-refractivity contribution in [3.05, 3.63) is 89.5 Å². The van der Waals surface area contributed by atoms with E-state index in [1.807, 2.05) is 74.5 Å². The molecule has 6 rings (SSSR count). The molecule has 45 heavy (non-hydrogen) atoms. The van der Waals surface area contributed by atoms with Crippen molar-refractivity contribution in [2.75, 3.05) is 31.1 Å². The van der Waals surface area contributed by atoms with Gasteiger partial charge >= 0.3 is 5.97 Å². The van der Waals surface area contributed by atoms with Crippen molar-refractivity contribution in [3.63, 3.8) is 0 Å². The number of likely N-dealkylation sites (tertiary alicyclic amines) is 1. The summed E-state index contributed by atoms with van der Waals surface area (Å²) >= 11 is 0. The number of rotatable bonds is 5. The van der Waals surface area contributed by atoms with Gasteiger partial charge in [-0.05, 0) is 49.4 Å². The molecule has 5 bridgehead atoms. The van der Waals surface area contributed by atoms with Gasteiger partial charge in [0.2, 0.25) is 11.8 Å². The molecule has 3 amide bonds. The monoisotopic (exact) mass is 613 g/mol. The average Bonchev–Trinajstić information content (AvgIpc) is 3.68. The van der Waals surface area contributed by atoms with Crippen LogP contribution in [0, 0.1) is 25.7 Å². The maximum Gasteiger partial charge on any atom is 0.313 e. The van der Waals surface area contributed by atoms with E-state index in [4.69, 9.17) is 9.47 Å². The Bertz CT molecular complexity index is 1540. The molecule has 2 fully saturated rings. The number of aryl methyl sites for hydroxylation is 2. The van der Waals surface area contributed by atoms with Gasteiger partial charge in [-0.1, -0.05) is 66.8 Å². The first-order valence-electron chi connectivity index (χ1n) is 15.6. The summed E-state index contributed by atoms with van der Waals surface area (Å²) in [6.45, 7) is 4.12. The largest absolute Gasteiger partial charge is 0.455 e. The number of cyclic esters (lactones) is 1. The normalized spacial score (nSPS) is 30.8. The van der Waals surface area contributed by atoms with Crippen molar-refractivity contribution in [3.8, 4) is 0 Å². The minimum atomic E-state index is -1.37. The zero-order valence-electron chi connectivity index (χ0n) is 25.6. The average molecular weight is 614 g/mol. The van der Waals surface area contributed by atoms with Crippen LogP contribution in [0.5, 0.6) is 0 Å². The fraction of sp³-hybridized carbons (Fsp3) is 0.429. The molecule has 10 heteroatoms. The van der Waals surface area contributed by atoms with Crippen molar-refractivity contribution < 1.29 is 33.8 Å². The Kier molecular flexibility index (Phi) is 8.61. The molecule has 0 unspecified atom stereocenters. The molecule has 1 spiro atoms. The maximum atomic E-state index is 14.8. The molecular formula is C35H39N3O7. The second-order valence-electron chi connectivity index (χ2n) is 12.2. The number of anilines is 1. The molecule has 4 aliphatic rings. The molecule has 4 heterocycles. The lowest BCUT2D eigenvalue weighted by atomic mass is 9.74. The van der Waals surface area contributed by atoms with Crippen LogP contribution in [0.4, 0.5) is 5.69 Å². The van der Waals surface area contributed by atoms with Crippen LogP contribution in [0.25, 0.3) is 0 Å². The predicted octanol–water partition coefficient (Wildman–Crippen LogP) is 2.92. The van der Waals surface area contributed by atoms with Gasteiger partial charge in [0, 0.05) is 31.8 Å². The number of ether oxygens (including phenoxy) is 2. The van der Waals surface area contributed by atoms with E-state index in [-0.39, 0.29) is 56.8 Å². The fourth-order valence-electron chi connectivity index (χ4n) is 7.08. The van der Waals surface area contributed by atoms with Gasteiger partial charge in [-0.3, -0.25) is 19.2 Å². The molecule has 4 aliphatic heterocycles. The number of aliphatic hydroxyl groups is 1. The molecule has 0 aromatic heterocycles. The molecule has 6 atom stereocenters. The first kappa shape index (κ1) is 30.7. The minimum Gasteiger partial charge on any atom is -0.455 e. The quantitative estimate of drug-likeness (QED) is 0.393. The fourth-order valence-corrected chi connectivity index (χ4v) is 7.08. The maximum absolute atomic E-state index is 14.8. The van der Waals surface area contributed by atoms with Gasteiger partial charge in [-0.15, -0.1) is 0 Å². The number of carbonyl (C=O) groups is 4. The zero-order chi connectivity index (χ0) is 31.7. The van der Waals surface area contributed by atoms with E-state index in [1.165, 1.54) is 4.90 Å². The Balaban J connectivity index is 1.44. The third-order valence-corrected chi connectivity index (χ3v) is 9.27. The highest BCUT2D eigenvalue weighted by atomic mass is 16.6. The van der Waals surface area contributed by atoms with E-state index >= 15 is 0 Å². The van der Waals surface area contributed by atoms with Crippen LogP contribution in [0.2, 0.25) is 0 Å². The lowest BCUT2D eigenvalue weighted by Crippen LogP contribution is -2.56. The van der Waals surface area contributed by atoms with Gasteiger partial charge in [0.15, 0.2) is 0 Å². The zero-order valence-corrected chi connectivity index (χ0v) is 25.6. The molecule has 0 saturated carbocycles. The van der Waals surface area contributed by atoms with Crippen LogP contribution >= 0.6 is 0 Å². The topological polar surface area (TPSA) is 125 Å².